The summed E-state index contributed by atoms with van der Waals surface area (Å²) in [5, 5.41) is 20.4. The fourth-order valence-electron chi connectivity index (χ4n) is 3.28. The number of urea groups is 1. The number of rotatable bonds is 6. The molecule has 154 valence electrons. The quantitative estimate of drug-likeness (QED) is 0.364. The number of amides is 2. The van der Waals surface area contributed by atoms with Gasteiger partial charge in [-0.2, -0.15) is 5.26 Å². The number of pyridine rings is 1. The number of carbonyl (C=O) groups excluding carboxylic acids is 1. The number of carbonyl (C=O) groups is 1. The van der Waals surface area contributed by atoms with Gasteiger partial charge >= 0.3 is 6.03 Å². The molecule has 2 aromatic carbocycles. The zero-order valence-corrected chi connectivity index (χ0v) is 17.8. The average Bonchev–Trinajstić information content (AvgIpc) is 3.24. The lowest BCUT2D eigenvalue weighted by Gasteiger charge is -2.11. The molecule has 4 aromatic rings. The zero-order valence-electron chi connectivity index (χ0n) is 17.0. The molecule has 3 N–H and O–H groups in total. The molecule has 4 rings (SSSR count). The molecule has 2 heterocycles. The summed E-state index contributed by atoms with van der Waals surface area (Å²) in [4.78, 5) is 16.5. The predicted molar refractivity (Wildman–Crippen MR) is 127 cm³/mol. The molecule has 0 radical (unpaired) electrons. The molecule has 0 bridgehead atoms. The molecule has 7 heteroatoms. The van der Waals surface area contributed by atoms with E-state index in [4.69, 9.17) is 0 Å². The summed E-state index contributed by atoms with van der Waals surface area (Å²) in [5.74, 6) is 0. The van der Waals surface area contributed by atoms with E-state index in [1.807, 2.05) is 66.9 Å². The first-order valence-corrected chi connectivity index (χ1v) is 10.7. The number of hydrogen-bond acceptors (Lipinski definition) is 5. The van der Waals surface area contributed by atoms with Crippen LogP contribution in [0, 0.1) is 18.3 Å². The molecule has 0 aliphatic carbocycles. The number of aryl methyl sites for hydroxylation is 1. The van der Waals surface area contributed by atoms with Gasteiger partial charge in [0.05, 0.1) is 21.5 Å². The second-order valence-electron chi connectivity index (χ2n) is 7.12. The molecule has 0 aliphatic rings. The Hall–Kier alpha value is -3.89. The van der Waals surface area contributed by atoms with Gasteiger partial charge in [0.2, 0.25) is 0 Å². The van der Waals surface area contributed by atoms with Gasteiger partial charge in [0.15, 0.2) is 0 Å². The van der Waals surface area contributed by atoms with Crippen LogP contribution >= 0.6 is 11.3 Å². The summed E-state index contributed by atoms with van der Waals surface area (Å²) in [5.41, 5.74) is 5.99. The second kappa shape index (κ2) is 9.28. The lowest BCUT2D eigenvalue weighted by atomic mass is 10.1. The fourth-order valence-corrected chi connectivity index (χ4v) is 4.15. The van der Waals surface area contributed by atoms with Crippen molar-refractivity contribution < 1.29 is 4.79 Å². The lowest BCUT2D eigenvalue weighted by molar-refractivity contribution is 0.262. The molecule has 0 saturated heterocycles. The second-order valence-corrected chi connectivity index (χ2v) is 8.03. The first-order chi connectivity index (χ1) is 15.1. The van der Waals surface area contributed by atoms with Crippen molar-refractivity contribution in [3.8, 4) is 6.07 Å². The topological polar surface area (TPSA) is 89.8 Å². The molecule has 0 saturated carbocycles. The minimum absolute atomic E-state index is 0.276. The maximum Gasteiger partial charge on any atom is 0.323 e. The summed E-state index contributed by atoms with van der Waals surface area (Å²) < 4.78 is 0.998. The summed E-state index contributed by atoms with van der Waals surface area (Å²) in [6.07, 6.45) is 2.40. The minimum Gasteiger partial charge on any atom is -0.382 e. The smallest absolute Gasteiger partial charge is 0.323 e. The molecule has 0 atom stereocenters. The van der Waals surface area contributed by atoms with Gasteiger partial charge in [-0.15, -0.1) is 11.3 Å². The fraction of sp³-hybridized carbons (Fsp3) is 0.125. The van der Waals surface area contributed by atoms with Crippen LogP contribution in [0.4, 0.5) is 21.9 Å². The van der Waals surface area contributed by atoms with Gasteiger partial charge in [-0.25, -0.2) is 4.79 Å². The van der Waals surface area contributed by atoms with Crippen LogP contribution in [0.2, 0.25) is 0 Å². The first kappa shape index (κ1) is 20.4. The molecule has 0 aliphatic heterocycles. The van der Waals surface area contributed by atoms with Crippen molar-refractivity contribution in [3.05, 3.63) is 82.9 Å². The van der Waals surface area contributed by atoms with E-state index in [1.54, 1.807) is 17.5 Å². The monoisotopic (exact) mass is 427 g/mol. The van der Waals surface area contributed by atoms with Gasteiger partial charge in [0.25, 0.3) is 0 Å². The number of benzene rings is 2. The van der Waals surface area contributed by atoms with E-state index in [1.165, 1.54) is 0 Å². The number of nitrogens with one attached hydrogen (secondary N) is 3. The number of nitriles is 1. The highest BCUT2D eigenvalue weighted by molar-refractivity contribution is 7.17. The molecule has 0 fully saturated rings. The van der Waals surface area contributed by atoms with Crippen LogP contribution in [-0.4, -0.2) is 17.6 Å². The van der Waals surface area contributed by atoms with Gasteiger partial charge in [-0.05, 0) is 60.2 Å². The molecule has 2 amide bonds. The van der Waals surface area contributed by atoms with E-state index >= 15 is 0 Å². The number of anilines is 3. The number of hydrogen-bond donors (Lipinski definition) is 3. The molecule has 31 heavy (non-hydrogen) atoms. The van der Waals surface area contributed by atoms with E-state index in [2.05, 4.69) is 27.0 Å². The van der Waals surface area contributed by atoms with Gasteiger partial charge in [0, 0.05) is 24.1 Å². The highest BCUT2D eigenvalue weighted by Gasteiger charge is 2.09. The molecule has 2 aromatic heterocycles. The Morgan fingerprint density at radius 2 is 1.90 bits per heavy atom. The standard InChI is InChI=1S/C24H21N5OS/c1-16-3-2-4-20(13-16)29-24(30)28-19-7-5-17(6-8-19)9-11-26-22-18(14-25)15-27-21-10-12-31-23(21)22/h2-8,10,12-13,15H,9,11H2,1H3,(H,26,27)(H2,28,29,30). The van der Waals surface area contributed by atoms with E-state index in [0.717, 1.165) is 44.8 Å². The number of thiophene rings is 1. The van der Waals surface area contributed by atoms with Crippen LogP contribution < -0.4 is 16.0 Å². The van der Waals surface area contributed by atoms with Gasteiger partial charge in [-0.3, -0.25) is 4.98 Å². The third-order valence-electron chi connectivity index (χ3n) is 4.80. The van der Waals surface area contributed by atoms with Crippen LogP contribution in [0.15, 0.2) is 66.2 Å². The van der Waals surface area contributed by atoms with Crippen molar-refractivity contribution in [1.82, 2.24) is 4.98 Å². The van der Waals surface area contributed by atoms with Gasteiger partial charge in [-0.1, -0.05) is 24.3 Å². The van der Waals surface area contributed by atoms with Crippen molar-refractivity contribution in [2.45, 2.75) is 13.3 Å². The third kappa shape index (κ3) is 5.00. The molecule has 0 spiro atoms. The Morgan fingerprint density at radius 1 is 1.10 bits per heavy atom. The van der Waals surface area contributed by atoms with Crippen LogP contribution in [-0.2, 0) is 6.42 Å². The highest BCUT2D eigenvalue weighted by Crippen LogP contribution is 2.30. The molecule has 6 nitrogen and oxygen atoms in total. The summed E-state index contributed by atoms with van der Waals surface area (Å²) in [6, 6.07) is 19.3. The molecular formula is C24H21N5OS. The van der Waals surface area contributed by atoms with E-state index in [0.29, 0.717) is 12.1 Å². The van der Waals surface area contributed by atoms with E-state index in [9.17, 15) is 10.1 Å². The predicted octanol–water partition coefficient (Wildman–Crippen LogP) is 5.78. The normalized spacial score (nSPS) is 10.5. The van der Waals surface area contributed by atoms with Gasteiger partial charge < -0.3 is 16.0 Å². The summed E-state index contributed by atoms with van der Waals surface area (Å²) in [6.45, 7) is 2.67. The Labute approximate surface area is 184 Å². The van der Waals surface area contributed by atoms with Crippen molar-refractivity contribution in [3.63, 3.8) is 0 Å². The molecular weight excluding hydrogens is 406 g/mol. The van der Waals surface area contributed by atoms with Crippen LogP contribution in [0.3, 0.4) is 0 Å². The summed E-state index contributed by atoms with van der Waals surface area (Å²) >= 11 is 1.58. The largest absolute Gasteiger partial charge is 0.382 e. The Kier molecular flexibility index (Phi) is 6.11. The van der Waals surface area contributed by atoms with Crippen molar-refractivity contribution in [2.24, 2.45) is 0 Å². The van der Waals surface area contributed by atoms with Crippen LogP contribution in [0.25, 0.3) is 10.2 Å². The van der Waals surface area contributed by atoms with Crippen molar-refractivity contribution in [2.75, 3.05) is 22.5 Å². The van der Waals surface area contributed by atoms with Crippen LogP contribution in [0.1, 0.15) is 16.7 Å². The molecule has 0 unspecified atom stereocenters. The van der Waals surface area contributed by atoms with Crippen LogP contribution in [0.5, 0.6) is 0 Å². The maximum atomic E-state index is 12.2. The average molecular weight is 428 g/mol. The Balaban J connectivity index is 1.33. The first-order valence-electron chi connectivity index (χ1n) is 9.86. The van der Waals surface area contributed by atoms with Crippen molar-refractivity contribution >= 4 is 44.6 Å². The number of aromatic nitrogens is 1. The van der Waals surface area contributed by atoms with Crippen molar-refractivity contribution in [1.29, 1.82) is 5.26 Å². The number of fused-ring (bicyclic) bond motifs is 1. The highest BCUT2D eigenvalue weighted by atomic mass is 32.1. The third-order valence-corrected chi connectivity index (χ3v) is 5.72. The lowest BCUT2D eigenvalue weighted by Crippen LogP contribution is -2.19. The Bertz CT molecular complexity index is 1260. The maximum absolute atomic E-state index is 12.2. The summed E-state index contributed by atoms with van der Waals surface area (Å²) in [7, 11) is 0. The Morgan fingerprint density at radius 3 is 2.68 bits per heavy atom. The van der Waals surface area contributed by atoms with E-state index in [-0.39, 0.29) is 6.03 Å². The van der Waals surface area contributed by atoms with E-state index < -0.39 is 0 Å². The van der Waals surface area contributed by atoms with Gasteiger partial charge in [0.1, 0.15) is 6.07 Å². The zero-order chi connectivity index (χ0) is 21.6. The SMILES string of the molecule is Cc1cccc(NC(=O)Nc2ccc(CCNc3c(C#N)cnc4ccsc34)cc2)c1. The minimum atomic E-state index is -0.276. The number of nitrogens with zero attached hydrogens (tertiary/aromatic N) is 2.